The molecule has 4 amide bonds. The van der Waals surface area contributed by atoms with E-state index >= 15 is 0 Å². The van der Waals surface area contributed by atoms with Gasteiger partial charge in [0.15, 0.2) is 0 Å². The molecule has 0 saturated heterocycles. The normalized spacial score (nSPS) is 17.1. The highest BCUT2D eigenvalue weighted by atomic mass is 16.3. The lowest BCUT2D eigenvalue weighted by Crippen LogP contribution is -2.57. The third kappa shape index (κ3) is 9.72. The molecule has 8 N–H and O–H groups in total. The van der Waals surface area contributed by atoms with Gasteiger partial charge in [0.1, 0.15) is 11.7 Å². The molecule has 1 aliphatic rings. The molecule has 0 spiro atoms. The summed E-state index contributed by atoms with van der Waals surface area (Å²) >= 11 is 0. The van der Waals surface area contributed by atoms with Crippen molar-refractivity contribution in [2.24, 2.45) is 5.73 Å². The van der Waals surface area contributed by atoms with Crippen LogP contribution in [0.4, 0.5) is 0 Å². The van der Waals surface area contributed by atoms with Gasteiger partial charge in [0.2, 0.25) is 17.7 Å². The van der Waals surface area contributed by atoms with Crippen LogP contribution in [-0.2, 0) is 33.6 Å². The van der Waals surface area contributed by atoms with Crippen LogP contribution in [0.3, 0.4) is 0 Å². The first-order valence-electron chi connectivity index (χ1n) is 18.0. The number of pyridine rings is 1. The monoisotopic (exact) mass is 728 g/mol. The summed E-state index contributed by atoms with van der Waals surface area (Å²) in [6.07, 6.45) is -1.61. The molecule has 1 aliphatic carbocycles. The van der Waals surface area contributed by atoms with Gasteiger partial charge >= 0.3 is 0 Å². The molecule has 0 radical (unpaired) electrons. The molecule has 0 aliphatic heterocycles. The standard InChI is InChI=1S/C42H44N6O6/c43-38(51)24-35(47-40(52)32-20-19-28-15-8-10-18-31(28)45-32)42(54)46-33(21-26-11-3-1-4-12-26)37(50)25-44-34(22-27-13-5-2-6-14-27)41(53)48-39-30-17-9-7-16-29(30)23-36(39)49/h1-20,33-37,39,44,49-50H,21-25H2,(H2,43,51)(H,46,54)(H,47,52)(H,48,53)/t33-,34-,35?,36+,37+,39?/m0/s1. The highest BCUT2D eigenvalue weighted by molar-refractivity contribution is 5.99. The number of rotatable bonds is 16. The van der Waals surface area contributed by atoms with Crippen LogP contribution in [0, 0.1) is 0 Å². The summed E-state index contributed by atoms with van der Waals surface area (Å²) < 4.78 is 0. The third-order valence-electron chi connectivity index (χ3n) is 9.62. The van der Waals surface area contributed by atoms with Crippen LogP contribution in [0.5, 0.6) is 0 Å². The van der Waals surface area contributed by atoms with E-state index in [4.69, 9.17) is 5.73 Å². The molecule has 278 valence electrons. The minimum Gasteiger partial charge on any atom is -0.390 e. The number of aliphatic hydroxyl groups is 2. The molecule has 6 rings (SSSR count). The molecular formula is C42H44N6O6. The first-order valence-corrected chi connectivity index (χ1v) is 18.0. The van der Waals surface area contributed by atoms with Crippen LogP contribution in [0.1, 0.15) is 45.2 Å². The molecule has 12 heteroatoms. The summed E-state index contributed by atoms with van der Waals surface area (Å²) in [5.74, 6) is -2.57. The van der Waals surface area contributed by atoms with Crippen molar-refractivity contribution in [3.8, 4) is 0 Å². The lowest BCUT2D eigenvalue weighted by Gasteiger charge is -2.29. The number of amides is 4. The van der Waals surface area contributed by atoms with Gasteiger partial charge in [-0.05, 0) is 47.2 Å². The van der Waals surface area contributed by atoms with Gasteiger partial charge in [0, 0.05) is 18.4 Å². The van der Waals surface area contributed by atoms with E-state index in [0.717, 1.165) is 27.6 Å². The second-order valence-electron chi connectivity index (χ2n) is 13.6. The van der Waals surface area contributed by atoms with E-state index in [9.17, 15) is 29.4 Å². The molecular weight excluding hydrogens is 684 g/mol. The number of nitrogens with one attached hydrogen (secondary N) is 4. The number of aromatic nitrogens is 1. The summed E-state index contributed by atoms with van der Waals surface area (Å²) in [6, 6.07) is 33.1. The molecule has 54 heavy (non-hydrogen) atoms. The predicted molar refractivity (Wildman–Crippen MR) is 204 cm³/mol. The Kier molecular flexibility index (Phi) is 12.4. The number of carbonyl (C=O) groups is 4. The van der Waals surface area contributed by atoms with E-state index in [0.29, 0.717) is 11.9 Å². The average Bonchev–Trinajstić information content (AvgIpc) is 3.50. The van der Waals surface area contributed by atoms with Crippen molar-refractivity contribution in [3.63, 3.8) is 0 Å². The molecule has 0 saturated carbocycles. The Balaban J connectivity index is 1.18. The Morgan fingerprint density at radius 3 is 2.11 bits per heavy atom. The Hall–Kier alpha value is -5.95. The number of benzene rings is 4. The highest BCUT2D eigenvalue weighted by Crippen LogP contribution is 2.31. The van der Waals surface area contributed by atoms with E-state index in [1.807, 2.05) is 97.1 Å². The van der Waals surface area contributed by atoms with Crippen LogP contribution in [0.15, 0.2) is 121 Å². The summed E-state index contributed by atoms with van der Waals surface area (Å²) in [7, 11) is 0. The zero-order valence-electron chi connectivity index (χ0n) is 29.6. The van der Waals surface area contributed by atoms with Crippen LogP contribution in [0.2, 0.25) is 0 Å². The number of primary amides is 1. The maximum absolute atomic E-state index is 13.9. The average molecular weight is 729 g/mol. The van der Waals surface area contributed by atoms with E-state index in [1.165, 1.54) is 6.07 Å². The minimum atomic E-state index is -1.36. The lowest BCUT2D eigenvalue weighted by atomic mass is 9.99. The number of para-hydroxylation sites is 1. The summed E-state index contributed by atoms with van der Waals surface area (Å²) in [6.45, 7) is -0.111. The number of nitrogens with two attached hydrogens (primary N) is 1. The molecule has 0 fully saturated rings. The van der Waals surface area contributed by atoms with Crippen molar-refractivity contribution in [3.05, 3.63) is 149 Å². The second-order valence-corrected chi connectivity index (χ2v) is 13.6. The first-order chi connectivity index (χ1) is 26.1. The van der Waals surface area contributed by atoms with Gasteiger partial charge in [-0.3, -0.25) is 19.2 Å². The Labute approximate surface area is 313 Å². The Morgan fingerprint density at radius 1 is 0.741 bits per heavy atom. The third-order valence-corrected chi connectivity index (χ3v) is 9.62. The van der Waals surface area contributed by atoms with Crippen molar-refractivity contribution in [2.75, 3.05) is 6.54 Å². The largest absolute Gasteiger partial charge is 0.390 e. The van der Waals surface area contributed by atoms with Crippen molar-refractivity contribution in [1.82, 2.24) is 26.3 Å². The van der Waals surface area contributed by atoms with Gasteiger partial charge in [-0.1, -0.05) is 109 Å². The molecule has 4 aromatic carbocycles. The van der Waals surface area contributed by atoms with E-state index < -0.39 is 60.5 Å². The van der Waals surface area contributed by atoms with E-state index in [1.54, 1.807) is 18.2 Å². The number of aliphatic hydroxyl groups excluding tert-OH is 2. The van der Waals surface area contributed by atoms with E-state index in [2.05, 4.69) is 26.3 Å². The summed E-state index contributed by atoms with van der Waals surface area (Å²) in [5.41, 5.74) is 9.66. The highest BCUT2D eigenvalue weighted by Gasteiger charge is 2.34. The van der Waals surface area contributed by atoms with Crippen molar-refractivity contribution in [1.29, 1.82) is 0 Å². The summed E-state index contributed by atoms with van der Waals surface area (Å²) in [4.78, 5) is 57.4. The quantitative estimate of drug-likeness (QED) is 0.0804. The number of hydrogen-bond acceptors (Lipinski definition) is 8. The van der Waals surface area contributed by atoms with Crippen molar-refractivity contribution >= 4 is 34.5 Å². The molecule has 1 aromatic heterocycles. The van der Waals surface area contributed by atoms with Crippen molar-refractivity contribution in [2.45, 2.75) is 62.1 Å². The molecule has 6 atom stereocenters. The zero-order valence-corrected chi connectivity index (χ0v) is 29.6. The number of fused-ring (bicyclic) bond motifs is 2. The molecule has 5 aromatic rings. The topological polar surface area (TPSA) is 196 Å². The van der Waals surface area contributed by atoms with Gasteiger partial charge in [-0.15, -0.1) is 0 Å². The van der Waals surface area contributed by atoms with Crippen molar-refractivity contribution < 1.29 is 29.4 Å². The van der Waals surface area contributed by atoms with Crippen LogP contribution >= 0.6 is 0 Å². The van der Waals surface area contributed by atoms with Gasteiger partial charge in [0.05, 0.1) is 42.3 Å². The van der Waals surface area contributed by atoms with Gasteiger partial charge in [-0.25, -0.2) is 4.98 Å². The van der Waals surface area contributed by atoms with E-state index in [-0.39, 0.29) is 31.0 Å². The maximum atomic E-state index is 13.9. The SMILES string of the molecule is NC(=O)CC(NC(=O)c1ccc2ccccc2n1)C(=O)N[C@@H](Cc1ccccc1)[C@H](O)CN[C@@H](Cc1ccccc1)C(=O)NC1c2ccccc2C[C@H]1O. The lowest BCUT2D eigenvalue weighted by molar-refractivity contribution is -0.128. The molecule has 12 nitrogen and oxygen atoms in total. The number of hydrogen-bond donors (Lipinski definition) is 7. The van der Waals surface area contributed by atoms with Gasteiger partial charge < -0.3 is 37.2 Å². The summed E-state index contributed by atoms with van der Waals surface area (Å²) in [5, 5.41) is 35.0. The van der Waals surface area contributed by atoms with Crippen LogP contribution in [0.25, 0.3) is 10.9 Å². The van der Waals surface area contributed by atoms with Crippen LogP contribution in [-0.4, -0.2) is 75.7 Å². The fourth-order valence-electron chi connectivity index (χ4n) is 6.78. The smallest absolute Gasteiger partial charge is 0.270 e. The van der Waals surface area contributed by atoms with Gasteiger partial charge in [-0.2, -0.15) is 0 Å². The molecule has 2 unspecified atom stereocenters. The number of carbonyl (C=O) groups excluding carboxylic acids is 4. The zero-order chi connectivity index (χ0) is 38.0. The Bertz CT molecular complexity index is 2080. The first kappa shape index (κ1) is 37.8. The maximum Gasteiger partial charge on any atom is 0.270 e. The predicted octanol–water partition coefficient (Wildman–Crippen LogP) is 2.27. The van der Waals surface area contributed by atoms with Crippen LogP contribution < -0.4 is 27.0 Å². The Morgan fingerprint density at radius 2 is 1.39 bits per heavy atom. The second kappa shape index (κ2) is 17.7. The molecule has 1 heterocycles. The van der Waals surface area contributed by atoms with Gasteiger partial charge in [0.25, 0.3) is 5.91 Å². The number of nitrogens with zero attached hydrogens (tertiary/aromatic N) is 1. The minimum absolute atomic E-state index is 0.0531. The fraction of sp³-hybridized carbons (Fsp3) is 0.262. The molecule has 0 bridgehead atoms. The fourth-order valence-corrected chi connectivity index (χ4v) is 6.78.